The Morgan fingerprint density at radius 3 is 2.56 bits per heavy atom. The van der Waals surface area contributed by atoms with E-state index in [1.54, 1.807) is 24.0 Å². The third-order valence-corrected chi connectivity index (χ3v) is 7.50. The molecule has 0 spiro atoms. The number of hydrogen-bond donors (Lipinski definition) is 1. The van der Waals surface area contributed by atoms with Crippen molar-refractivity contribution in [2.75, 3.05) is 39.3 Å². The number of amides is 3. The minimum atomic E-state index is -0.812. The van der Waals surface area contributed by atoms with E-state index in [2.05, 4.69) is 17.1 Å². The van der Waals surface area contributed by atoms with Crippen molar-refractivity contribution in [3.8, 4) is 0 Å². The fourth-order valence-corrected chi connectivity index (χ4v) is 5.72. The van der Waals surface area contributed by atoms with Gasteiger partial charge in [-0.15, -0.1) is 0 Å². The second kappa shape index (κ2) is 11.4. The van der Waals surface area contributed by atoms with E-state index in [9.17, 15) is 18.8 Å². The fourth-order valence-electron chi connectivity index (χ4n) is 5.72. The zero-order chi connectivity index (χ0) is 25.8. The van der Waals surface area contributed by atoms with Gasteiger partial charge in [0.25, 0.3) is 0 Å². The number of hydrogen-bond acceptors (Lipinski definition) is 5. The Morgan fingerprint density at radius 2 is 1.92 bits per heavy atom. The molecular weight excluding hydrogens is 463 g/mol. The molecule has 2 fully saturated rings. The highest BCUT2D eigenvalue weighted by molar-refractivity contribution is 5.95. The van der Waals surface area contributed by atoms with Crippen LogP contribution in [0.3, 0.4) is 0 Å². The number of carbonyl (C=O) groups is 3. The zero-order valence-electron chi connectivity index (χ0n) is 21.5. The summed E-state index contributed by atoms with van der Waals surface area (Å²) in [5.74, 6) is -0.573. The Balaban J connectivity index is 1.62. The molecule has 9 heteroatoms. The highest BCUT2D eigenvalue weighted by Gasteiger charge is 2.40. The number of carbonyl (C=O) groups excluding carboxylic acids is 3. The van der Waals surface area contributed by atoms with Crippen molar-refractivity contribution < 1.29 is 23.5 Å². The van der Waals surface area contributed by atoms with Gasteiger partial charge in [-0.2, -0.15) is 0 Å². The van der Waals surface area contributed by atoms with E-state index < -0.39 is 17.8 Å². The minimum absolute atomic E-state index is 0.0324. The van der Waals surface area contributed by atoms with E-state index in [0.29, 0.717) is 49.6 Å². The number of piperazine rings is 1. The smallest absolute Gasteiger partial charge is 0.338 e. The molecule has 8 nitrogen and oxygen atoms in total. The lowest BCUT2D eigenvalue weighted by Crippen LogP contribution is -2.57. The molecule has 1 aliphatic carbocycles. The SMILES string of the molecule is CCOC(=O)C1=C(CN2CCN(C(=O)C3CCCC3)C(C)C2)N(CC)C(=O)NC1c1cccc(F)c1. The van der Waals surface area contributed by atoms with Gasteiger partial charge in [-0.3, -0.25) is 14.6 Å². The summed E-state index contributed by atoms with van der Waals surface area (Å²) in [6, 6.07) is 4.80. The highest BCUT2D eigenvalue weighted by Crippen LogP contribution is 2.33. The molecule has 3 aliphatic rings. The van der Waals surface area contributed by atoms with Crippen LogP contribution >= 0.6 is 0 Å². The monoisotopic (exact) mass is 500 g/mol. The van der Waals surface area contributed by atoms with E-state index >= 15 is 0 Å². The molecule has 2 unspecified atom stereocenters. The van der Waals surface area contributed by atoms with E-state index in [1.165, 1.54) is 12.1 Å². The second-order valence-corrected chi connectivity index (χ2v) is 9.86. The van der Waals surface area contributed by atoms with Gasteiger partial charge in [0.1, 0.15) is 5.82 Å². The van der Waals surface area contributed by atoms with E-state index in [-0.39, 0.29) is 30.5 Å². The molecule has 2 atom stereocenters. The van der Waals surface area contributed by atoms with Crippen LogP contribution in [-0.2, 0) is 14.3 Å². The predicted octanol–water partition coefficient (Wildman–Crippen LogP) is 3.45. The molecule has 1 aromatic rings. The molecule has 0 bridgehead atoms. The second-order valence-electron chi connectivity index (χ2n) is 9.86. The van der Waals surface area contributed by atoms with Gasteiger partial charge < -0.3 is 15.0 Å². The molecule has 2 aliphatic heterocycles. The topological polar surface area (TPSA) is 82.2 Å². The summed E-state index contributed by atoms with van der Waals surface area (Å²) in [6.07, 6.45) is 4.20. The Kier molecular flexibility index (Phi) is 8.28. The normalized spacial score (nSPS) is 23.7. The van der Waals surface area contributed by atoms with E-state index in [4.69, 9.17) is 4.74 Å². The lowest BCUT2D eigenvalue weighted by Gasteiger charge is -2.43. The average Bonchev–Trinajstić information content (AvgIpc) is 3.39. The summed E-state index contributed by atoms with van der Waals surface area (Å²) in [5, 5.41) is 2.87. The maximum Gasteiger partial charge on any atom is 0.338 e. The van der Waals surface area contributed by atoms with Crippen molar-refractivity contribution in [2.24, 2.45) is 5.92 Å². The van der Waals surface area contributed by atoms with E-state index in [0.717, 1.165) is 25.7 Å². The Hall–Kier alpha value is -2.94. The van der Waals surface area contributed by atoms with Gasteiger partial charge >= 0.3 is 12.0 Å². The first-order valence-corrected chi connectivity index (χ1v) is 13.1. The van der Waals surface area contributed by atoms with Gasteiger partial charge in [0.15, 0.2) is 0 Å². The molecule has 3 amide bonds. The summed E-state index contributed by atoms with van der Waals surface area (Å²) in [6.45, 7) is 8.46. The van der Waals surface area contributed by atoms with Crippen LogP contribution in [0, 0.1) is 11.7 Å². The number of benzene rings is 1. The maximum atomic E-state index is 14.1. The summed E-state index contributed by atoms with van der Waals surface area (Å²) in [7, 11) is 0. The third-order valence-electron chi connectivity index (χ3n) is 7.50. The van der Waals surface area contributed by atoms with Crippen LogP contribution in [0.1, 0.15) is 58.1 Å². The molecule has 1 saturated carbocycles. The first-order chi connectivity index (χ1) is 17.3. The standard InChI is InChI=1S/C27H37FN4O4/c1-4-31-22(17-30-13-14-32(18(3)16-30)25(33)19-9-6-7-10-19)23(26(34)36-5-2)24(29-27(31)35)20-11-8-12-21(28)15-20/h8,11-12,15,18-19,24H,4-7,9-10,13-14,16-17H2,1-3H3,(H,29,35). The molecule has 1 saturated heterocycles. The minimum Gasteiger partial charge on any atom is -0.463 e. The average molecular weight is 501 g/mol. The van der Waals surface area contributed by atoms with Crippen molar-refractivity contribution in [3.63, 3.8) is 0 Å². The van der Waals surface area contributed by atoms with Gasteiger partial charge in [-0.05, 0) is 51.3 Å². The van der Waals surface area contributed by atoms with Crippen LogP contribution in [0.25, 0.3) is 0 Å². The first-order valence-electron chi connectivity index (χ1n) is 13.1. The first kappa shape index (κ1) is 26.1. The molecule has 1 N–H and O–H groups in total. The summed E-state index contributed by atoms with van der Waals surface area (Å²) >= 11 is 0. The van der Waals surface area contributed by atoms with Crippen LogP contribution in [0.4, 0.5) is 9.18 Å². The molecule has 0 aromatic heterocycles. The summed E-state index contributed by atoms with van der Waals surface area (Å²) < 4.78 is 19.5. The number of halogens is 1. The van der Waals surface area contributed by atoms with Gasteiger partial charge in [0.05, 0.1) is 18.2 Å². The summed E-state index contributed by atoms with van der Waals surface area (Å²) in [4.78, 5) is 45.1. The lowest BCUT2D eigenvalue weighted by atomic mass is 9.94. The molecule has 1 aromatic carbocycles. The maximum absolute atomic E-state index is 14.1. The Labute approximate surface area is 212 Å². The van der Waals surface area contributed by atoms with Crippen LogP contribution in [0.2, 0.25) is 0 Å². The van der Waals surface area contributed by atoms with Gasteiger partial charge in [0.2, 0.25) is 5.91 Å². The lowest BCUT2D eigenvalue weighted by molar-refractivity contribution is -0.140. The van der Waals surface area contributed by atoms with Crippen LogP contribution < -0.4 is 5.32 Å². The number of rotatable bonds is 7. The van der Waals surface area contributed by atoms with Crippen molar-refractivity contribution in [1.82, 2.24) is 20.0 Å². The number of likely N-dealkylation sites (N-methyl/N-ethyl adjacent to an activating group) is 1. The molecule has 196 valence electrons. The Morgan fingerprint density at radius 1 is 1.17 bits per heavy atom. The highest BCUT2D eigenvalue weighted by atomic mass is 19.1. The van der Waals surface area contributed by atoms with Crippen molar-refractivity contribution in [2.45, 2.75) is 58.5 Å². The number of urea groups is 1. The van der Waals surface area contributed by atoms with Crippen molar-refractivity contribution in [1.29, 1.82) is 0 Å². The molecule has 36 heavy (non-hydrogen) atoms. The third kappa shape index (κ3) is 5.40. The molecule has 0 radical (unpaired) electrons. The van der Waals surface area contributed by atoms with Crippen LogP contribution in [0.5, 0.6) is 0 Å². The molecule has 4 rings (SSSR count). The molecule has 2 heterocycles. The summed E-state index contributed by atoms with van der Waals surface area (Å²) in [5.41, 5.74) is 1.37. The van der Waals surface area contributed by atoms with E-state index in [1.807, 2.05) is 11.8 Å². The number of esters is 1. The van der Waals surface area contributed by atoms with Crippen LogP contribution in [-0.4, -0.2) is 78.0 Å². The van der Waals surface area contributed by atoms with Crippen LogP contribution in [0.15, 0.2) is 35.5 Å². The fraction of sp³-hybridized carbons (Fsp3) is 0.593. The van der Waals surface area contributed by atoms with Gasteiger partial charge in [-0.25, -0.2) is 14.0 Å². The number of nitrogens with zero attached hydrogens (tertiary/aromatic N) is 3. The molecular formula is C27H37FN4O4. The number of nitrogens with one attached hydrogen (secondary N) is 1. The largest absolute Gasteiger partial charge is 0.463 e. The zero-order valence-corrected chi connectivity index (χ0v) is 21.5. The predicted molar refractivity (Wildman–Crippen MR) is 133 cm³/mol. The number of ether oxygens (including phenoxy) is 1. The van der Waals surface area contributed by atoms with Crippen molar-refractivity contribution >= 4 is 17.9 Å². The Bertz CT molecular complexity index is 1020. The van der Waals surface area contributed by atoms with Gasteiger partial charge in [0, 0.05) is 50.4 Å². The quantitative estimate of drug-likeness (QED) is 0.580. The van der Waals surface area contributed by atoms with Gasteiger partial charge in [-0.1, -0.05) is 25.0 Å². The van der Waals surface area contributed by atoms with Crippen molar-refractivity contribution in [3.05, 3.63) is 46.9 Å².